The lowest BCUT2D eigenvalue weighted by Crippen LogP contribution is -2.17. The van der Waals surface area contributed by atoms with E-state index in [1.54, 1.807) is 0 Å². The molecule has 2 rings (SSSR count). The summed E-state index contributed by atoms with van der Waals surface area (Å²) in [5.41, 5.74) is 0. The van der Waals surface area contributed by atoms with Crippen molar-refractivity contribution in [3.63, 3.8) is 0 Å². The molecule has 1 aromatic rings. The second kappa shape index (κ2) is 3.46. The summed E-state index contributed by atoms with van der Waals surface area (Å²) >= 11 is 0. The van der Waals surface area contributed by atoms with Crippen molar-refractivity contribution in [1.82, 2.24) is 10.1 Å². The zero-order chi connectivity index (χ0) is 9.26. The van der Waals surface area contributed by atoms with Crippen LogP contribution in [0.3, 0.4) is 0 Å². The first-order valence-corrected chi connectivity index (χ1v) is 4.74. The molecule has 1 N–H and O–H groups in total. The summed E-state index contributed by atoms with van der Waals surface area (Å²) in [6, 6.07) is 0. The van der Waals surface area contributed by atoms with Gasteiger partial charge in [-0.2, -0.15) is 4.98 Å². The van der Waals surface area contributed by atoms with Crippen molar-refractivity contribution < 1.29 is 9.63 Å². The van der Waals surface area contributed by atoms with Crippen LogP contribution in [0.15, 0.2) is 4.52 Å². The summed E-state index contributed by atoms with van der Waals surface area (Å²) in [7, 11) is 0. The molecule has 0 saturated heterocycles. The van der Waals surface area contributed by atoms with E-state index < -0.39 is 0 Å². The van der Waals surface area contributed by atoms with Gasteiger partial charge in [0.15, 0.2) is 5.82 Å². The molecule has 0 spiro atoms. The van der Waals surface area contributed by atoms with Crippen LogP contribution in [0.25, 0.3) is 0 Å². The Hall–Kier alpha value is -0.900. The molecule has 1 heterocycles. The highest BCUT2D eigenvalue weighted by Gasteiger charge is 2.24. The lowest BCUT2D eigenvalue weighted by Gasteiger charge is -2.22. The molecule has 0 radical (unpaired) electrons. The monoisotopic (exact) mass is 182 g/mol. The average Bonchev–Trinajstić information content (AvgIpc) is 2.53. The van der Waals surface area contributed by atoms with E-state index in [4.69, 9.17) is 4.52 Å². The molecule has 0 aliphatic heterocycles. The number of aliphatic hydroxyl groups is 1. The summed E-state index contributed by atoms with van der Waals surface area (Å²) in [5.74, 6) is 1.80. The molecule has 0 amide bonds. The van der Waals surface area contributed by atoms with Gasteiger partial charge in [0.25, 0.3) is 0 Å². The van der Waals surface area contributed by atoms with E-state index in [0.717, 1.165) is 31.6 Å². The zero-order valence-corrected chi connectivity index (χ0v) is 7.73. The first-order valence-electron chi connectivity index (χ1n) is 4.74. The quantitative estimate of drug-likeness (QED) is 0.713. The number of nitrogens with zero attached hydrogens (tertiary/aromatic N) is 2. The molecular formula is C9H14N2O2. The van der Waals surface area contributed by atoms with Gasteiger partial charge in [-0.3, -0.25) is 0 Å². The molecule has 1 fully saturated rings. The molecule has 13 heavy (non-hydrogen) atoms. The molecule has 0 atom stereocenters. The summed E-state index contributed by atoms with van der Waals surface area (Å²) in [6.07, 6.45) is 3.50. The number of hydrogen-bond donors (Lipinski definition) is 1. The molecule has 0 unspecified atom stereocenters. The van der Waals surface area contributed by atoms with Crippen LogP contribution in [-0.4, -0.2) is 21.4 Å². The fraction of sp³-hybridized carbons (Fsp3) is 0.778. The fourth-order valence-corrected chi connectivity index (χ4v) is 1.80. The van der Waals surface area contributed by atoms with Crippen LogP contribution >= 0.6 is 0 Å². The van der Waals surface area contributed by atoms with Gasteiger partial charge in [0.2, 0.25) is 5.89 Å². The van der Waals surface area contributed by atoms with Crippen molar-refractivity contribution in [3.05, 3.63) is 11.7 Å². The maximum atomic E-state index is 9.31. The summed E-state index contributed by atoms with van der Waals surface area (Å²) < 4.78 is 5.10. The summed E-state index contributed by atoms with van der Waals surface area (Å²) in [4.78, 5) is 4.20. The van der Waals surface area contributed by atoms with Crippen molar-refractivity contribution in [1.29, 1.82) is 0 Å². The van der Waals surface area contributed by atoms with E-state index in [1.165, 1.54) is 0 Å². The molecule has 1 saturated carbocycles. The van der Waals surface area contributed by atoms with Crippen molar-refractivity contribution in [3.8, 4) is 0 Å². The van der Waals surface area contributed by atoms with Crippen molar-refractivity contribution in [2.75, 3.05) is 0 Å². The predicted octanol–water partition coefficient (Wildman–Crippen LogP) is 1.40. The smallest absolute Gasteiger partial charge is 0.229 e. The van der Waals surface area contributed by atoms with Gasteiger partial charge in [-0.15, -0.1) is 0 Å². The Labute approximate surface area is 77.0 Å². The minimum atomic E-state index is -0.125. The molecule has 4 nitrogen and oxygen atoms in total. The standard InChI is InChI=1S/C9H14N2O2/c1-6-10-9(13-11-6)7-2-4-8(12)5-3-7/h7-8,12H,2-5H2,1H3. The van der Waals surface area contributed by atoms with Crippen LogP contribution in [-0.2, 0) is 0 Å². The molecule has 0 aromatic carbocycles. The molecule has 72 valence electrons. The highest BCUT2D eigenvalue weighted by molar-refractivity contribution is 4.95. The minimum Gasteiger partial charge on any atom is -0.393 e. The van der Waals surface area contributed by atoms with Crippen LogP contribution in [0.1, 0.15) is 43.3 Å². The summed E-state index contributed by atoms with van der Waals surface area (Å²) in [5, 5.41) is 13.1. The van der Waals surface area contributed by atoms with E-state index in [1.807, 2.05) is 6.92 Å². The Kier molecular flexibility index (Phi) is 2.31. The van der Waals surface area contributed by atoms with E-state index in [-0.39, 0.29) is 6.10 Å². The first kappa shape index (κ1) is 8.69. The SMILES string of the molecule is Cc1noc(C2CCC(O)CC2)n1. The number of aromatic nitrogens is 2. The topological polar surface area (TPSA) is 59.2 Å². The molecular weight excluding hydrogens is 168 g/mol. The van der Waals surface area contributed by atoms with Gasteiger partial charge >= 0.3 is 0 Å². The highest BCUT2D eigenvalue weighted by atomic mass is 16.5. The molecule has 4 heteroatoms. The van der Waals surface area contributed by atoms with Gasteiger partial charge < -0.3 is 9.63 Å². The number of aryl methyl sites for hydroxylation is 1. The van der Waals surface area contributed by atoms with Gasteiger partial charge in [-0.1, -0.05) is 5.16 Å². The van der Waals surface area contributed by atoms with Gasteiger partial charge in [0.1, 0.15) is 0 Å². The largest absolute Gasteiger partial charge is 0.393 e. The summed E-state index contributed by atoms with van der Waals surface area (Å²) in [6.45, 7) is 1.82. The second-order valence-corrected chi connectivity index (χ2v) is 3.69. The predicted molar refractivity (Wildman–Crippen MR) is 46.3 cm³/mol. The molecule has 1 aliphatic rings. The third-order valence-electron chi connectivity index (χ3n) is 2.59. The van der Waals surface area contributed by atoms with Crippen molar-refractivity contribution in [2.45, 2.75) is 44.6 Å². The zero-order valence-electron chi connectivity index (χ0n) is 7.73. The Bertz CT molecular complexity index is 277. The Morgan fingerprint density at radius 2 is 2.00 bits per heavy atom. The average molecular weight is 182 g/mol. The van der Waals surface area contributed by atoms with E-state index in [2.05, 4.69) is 10.1 Å². The van der Waals surface area contributed by atoms with Gasteiger partial charge in [0, 0.05) is 5.92 Å². The molecule has 1 aliphatic carbocycles. The maximum absolute atomic E-state index is 9.31. The van der Waals surface area contributed by atoms with E-state index in [9.17, 15) is 5.11 Å². The van der Waals surface area contributed by atoms with Gasteiger partial charge in [-0.25, -0.2) is 0 Å². The molecule has 0 bridgehead atoms. The lowest BCUT2D eigenvalue weighted by atomic mass is 9.87. The fourth-order valence-electron chi connectivity index (χ4n) is 1.80. The van der Waals surface area contributed by atoms with Crippen molar-refractivity contribution in [2.24, 2.45) is 0 Å². The second-order valence-electron chi connectivity index (χ2n) is 3.69. The normalized spacial score (nSPS) is 29.1. The van der Waals surface area contributed by atoms with Gasteiger partial charge in [0.05, 0.1) is 6.10 Å². The maximum Gasteiger partial charge on any atom is 0.229 e. The molecule has 1 aromatic heterocycles. The minimum absolute atomic E-state index is 0.125. The van der Waals surface area contributed by atoms with Crippen LogP contribution in [0, 0.1) is 6.92 Å². The van der Waals surface area contributed by atoms with Gasteiger partial charge in [-0.05, 0) is 32.6 Å². The number of rotatable bonds is 1. The van der Waals surface area contributed by atoms with Crippen LogP contribution < -0.4 is 0 Å². The Morgan fingerprint density at radius 3 is 2.54 bits per heavy atom. The first-order chi connectivity index (χ1) is 6.25. The Balaban J connectivity index is 2.02. The number of aliphatic hydroxyl groups excluding tert-OH is 1. The van der Waals surface area contributed by atoms with E-state index in [0.29, 0.717) is 11.7 Å². The Morgan fingerprint density at radius 1 is 1.31 bits per heavy atom. The third-order valence-corrected chi connectivity index (χ3v) is 2.59. The van der Waals surface area contributed by atoms with Crippen LogP contribution in [0.5, 0.6) is 0 Å². The van der Waals surface area contributed by atoms with Crippen molar-refractivity contribution >= 4 is 0 Å². The lowest BCUT2D eigenvalue weighted by molar-refractivity contribution is 0.116. The van der Waals surface area contributed by atoms with Crippen LogP contribution in [0.4, 0.5) is 0 Å². The highest BCUT2D eigenvalue weighted by Crippen LogP contribution is 2.31. The van der Waals surface area contributed by atoms with E-state index >= 15 is 0 Å². The third kappa shape index (κ3) is 1.88. The van der Waals surface area contributed by atoms with Crippen LogP contribution in [0.2, 0.25) is 0 Å². The number of hydrogen-bond acceptors (Lipinski definition) is 4.